The number of imidazole rings is 2. The van der Waals surface area contributed by atoms with E-state index < -0.39 is 83.5 Å². The molecule has 0 aromatic carbocycles. The Morgan fingerprint density at radius 3 is 2.26 bits per heavy atom. The SMILES string of the molecule is Nc1nc2c(ncn2C2OC(COP(=O)(O)OC3C(CO)OC(n4cnc5c(N)ncnc54)C3OP(=O)(O)O)C(O)C2O)c(=O)[nH]1. The van der Waals surface area contributed by atoms with Crippen molar-refractivity contribution < 1.29 is 62.2 Å². The molecule has 4 aromatic rings. The van der Waals surface area contributed by atoms with Crippen molar-refractivity contribution >= 4 is 49.7 Å². The molecule has 2 aliphatic heterocycles. The van der Waals surface area contributed by atoms with E-state index in [4.69, 9.17) is 34.5 Å². The molecule has 2 saturated heterocycles. The number of rotatable bonds is 10. The number of phosphoric acid groups is 2. The molecule has 0 spiro atoms. The molecule has 0 radical (unpaired) electrons. The highest BCUT2D eigenvalue weighted by Gasteiger charge is 2.53. The van der Waals surface area contributed by atoms with Crippen LogP contribution in [-0.2, 0) is 32.2 Å². The number of hydrogen-bond donors (Lipinski definition) is 9. The summed E-state index contributed by atoms with van der Waals surface area (Å²) >= 11 is 0. The molecule has 4 aromatic heterocycles. The van der Waals surface area contributed by atoms with Crippen molar-refractivity contribution in [3.8, 4) is 0 Å². The van der Waals surface area contributed by atoms with Gasteiger partial charge in [0.05, 0.1) is 25.9 Å². The van der Waals surface area contributed by atoms with Crippen molar-refractivity contribution in [3.63, 3.8) is 0 Å². The van der Waals surface area contributed by atoms with Gasteiger partial charge in [-0.05, 0) is 0 Å². The third-order valence-electron chi connectivity index (χ3n) is 7.10. The minimum absolute atomic E-state index is 0.0335. The number of phosphoric ester groups is 2. The van der Waals surface area contributed by atoms with Gasteiger partial charge < -0.3 is 50.9 Å². The fourth-order valence-electron chi connectivity index (χ4n) is 5.11. The summed E-state index contributed by atoms with van der Waals surface area (Å²) < 4.78 is 53.6. The van der Waals surface area contributed by atoms with Gasteiger partial charge in [-0.2, -0.15) is 4.98 Å². The number of fused-ring (bicyclic) bond motifs is 2. The zero-order valence-corrected chi connectivity index (χ0v) is 24.7. The molecule has 0 aliphatic carbocycles. The molecule has 11 N–H and O–H groups in total. The van der Waals surface area contributed by atoms with Gasteiger partial charge in [-0.25, -0.2) is 29.1 Å². The molecule has 0 amide bonds. The van der Waals surface area contributed by atoms with Crippen LogP contribution in [0.15, 0.2) is 23.8 Å². The molecule has 250 valence electrons. The second-order valence-electron chi connectivity index (χ2n) is 10.0. The van der Waals surface area contributed by atoms with Gasteiger partial charge in [-0.3, -0.25) is 32.5 Å². The highest BCUT2D eigenvalue weighted by molar-refractivity contribution is 7.47. The topological polar surface area (TPSA) is 361 Å². The van der Waals surface area contributed by atoms with Crippen molar-refractivity contribution in [2.24, 2.45) is 0 Å². The quantitative estimate of drug-likeness (QED) is 0.0731. The van der Waals surface area contributed by atoms with E-state index in [-0.39, 0.29) is 34.1 Å². The molecule has 26 heteroatoms. The fraction of sp³-hybridized carbons (Fsp3) is 0.500. The Labute approximate surface area is 254 Å². The predicted octanol–water partition coefficient (Wildman–Crippen LogP) is -3.39. The van der Waals surface area contributed by atoms with E-state index in [2.05, 4.69) is 29.9 Å². The zero-order valence-electron chi connectivity index (χ0n) is 22.9. The Hall–Kier alpha value is -3.48. The van der Waals surface area contributed by atoms with Crippen molar-refractivity contribution in [2.75, 3.05) is 24.7 Å². The smallest absolute Gasteiger partial charge is 0.394 e. The average molecular weight is 692 g/mol. The van der Waals surface area contributed by atoms with E-state index in [1.807, 2.05) is 0 Å². The van der Waals surface area contributed by atoms with Crippen LogP contribution in [0.4, 0.5) is 11.8 Å². The van der Waals surface area contributed by atoms with Crippen LogP contribution in [0.5, 0.6) is 0 Å². The maximum atomic E-state index is 13.1. The van der Waals surface area contributed by atoms with E-state index >= 15 is 0 Å². The maximum Gasteiger partial charge on any atom is 0.472 e. The average Bonchev–Trinajstić information content (AvgIpc) is 3.73. The lowest BCUT2D eigenvalue weighted by molar-refractivity contribution is -0.0585. The first-order valence-electron chi connectivity index (χ1n) is 13.0. The van der Waals surface area contributed by atoms with E-state index in [0.29, 0.717) is 0 Å². The molecule has 9 atom stereocenters. The van der Waals surface area contributed by atoms with Crippen LogP contribution in [0.3, 0.4) is 0 Å². The molecule has 0 bridgehead atoms. The molecule has 2 fully saturated rings. The number of aromatic amines is 1. The summed E-state index contributed by atoms with van der Waals surface area (Å²) in [5.41, 5.74) is 10.6. The lowest BCUT2D eigenvalue weighted by atomic mass is 10.1. The van der Waals surface area contributed by atoms with Crippen molar-refractivity contribution in [2.45, 2.75) is 49.1 Å². The van der Waals surface area contributed by atoms with E-state index in [1.165, 1.54) is 0 Å². The Morgan fingerprint density at radius 2 is 1.57 bits per heavy atom. The summed E-state index contributed by atoms with van der Waals surface area (Å²) in [6, 6.07) is 0. The number of aliphatic hydroxyl groups excluding tert-OH is 3. The Kier molecular flexibility index (Phi) is 8.43. The number of aliphatic hydroxyl groups is 3. The number of nitrogens with zero attached hydrogens (tertiary/aromatic N) is 7. The number of aromatic nitrogens is 8. The number of ether oxygens (including phenoxy) is 2. The van der Waals surface area contributed by atoms with Crippen LogP contribution in [-0.4, -0.2) is 119 Å². The molecule has 2 aliphatic rings. The number of nitrogens with one attached hydrogen (secondary N) is 1. The lowest BCUT2D eigenvalue weighted by Crippen LogP contribution is -2.37. The van der Waals surface area contributed by atoms with Gasteiger partial charge >= 0.3 is 15.6 Å². The molecular weight excluding hydrogens is 666 g/mol. The normalized spacial score (nSPS) is 30.0. The number of H-pyrrole nitrogens is 1. The number of nitrogens with two attached hydrogens (primary N) is 2. The highest BCUT2D eigenvalue weighted by Crippen LogP contribution is 2.52. The van der Waals surface area contributed by atoms with Gasteiger partial charge in [0, 0.05) is 0 Å². The third-order valence-corrected chi connectivity index (χ3v) is 8.61. The van der Waals surface area contributed by atoms with Gasteiger partial charge in [0.1, 0.15) is 48.5 Å². The van der Waals surface area contributed by atoms with Gasteiger partial charge in [-0.15, -0.1) is 0 Å². The van der Waals surface area contributed by atoms with Crippen LogP contribution in [0.2, 0.25) is 0 Å². The van der Waals surface area contributed by atoms with Crippen molar-refractivity contribution in [1.29, 1.82) is 0 Å². The third kappa shape index (κ3) is 6.02. The largest absolute Gasteiger partial charge is 0.472 e. The van der Waals surface area contributed by atoms with Crippen LogP contribution < -0.4 is 17.0 Å². The van der Waals surface area contributed by atoms with Crippen LogP contribution in [0.25, 0.3) is 22.3 Å². The molecule has 24 nitrogen and oxygen atoms in total. The van der Waals surface area contributed by atoms with Gasteiger partial charge in [0.2, 0.25) is 5.95 Å². The van der Waals surface area contributed by atoms with E-state index in [9.17, 15) is 43.9 Å². The summed E-state index contributed by atoms with van der Waals surface area (Å²) in [6.45, 7) is -1.76. The molecule has 0 saturated carbocycles. The molecular formula is C20H26N10O14P2. The highest BCUT2D eigenvalue weighted by atomic mass is 31.2. The Bertz CT molecular complexity index is 1910. The van der Waals surface area contributed by atoms with E-state index in [1.54, 1.807) is 0 Å². The van der Waals surface area contributed by atoms with Gasteiger partial charge in [-0.1, -0.05) is 0 Å². The number of nitrogen functional groups attached to an aromatic ring is 2. The predicted molar refractivity (Wildman–Crippen MR) is 147 cm³/mol. The first-order valence-corrected chi connectivity index (χ1v) is 16.0. The minimum Gasteiger partial charge on any atom is -0.394 e. The van der Waals surface area contributed by atoms with Crippen LogP contribution in [0.1, 0.15) is 12.5 Å². The zero-order chi connectivity index (χ0) is 33.1. The molecule has 6 heterocycles. The standard InChI is InChI=1S/C20H26N10O14P2/c21-14-8-15(24-3-23-14)29(4-25-8)19-13(43-45(35,36)37)12(6(1-31)41-19)44-46(38,39)40-2-7-10(32)11(33)18(42-7)30-5-26-9-16(30)27-20(22)28-17(9)34/h3-7,10-13,18-19,31-33H,1-2H2,(H,38,39)(H2,21,23,24)(H2,35,36,37)(H3,22,27,28,34). The minimum atomic E-state index is -5.33. The number of anilines is 2. The maximum absolute atomic E-state index is 13.1. The Balaban J connectivity index is 1.20. The summed E-state index contributed by atoms with van der Waals surface area (Å²) in [4.78, 5) is 63.9. The van der Waals surface area contributed by atoms with Crippen LogP contribution >= 0.6 is 15.6 Å². The second-order valence-corrected chi connectivity index (χ2v) is 12.6. The summed E-state index contributed by atoms with van der Waals surface area (Å²) in [7, 11) is -10.6. The monoisotopic (exact) mass is 692 g/mol. The van der Waals surface area contributed by atoms with Gasteiger partial charge in [0.25, 0.3) is 5.56 Å². The molecule has 9 unspecified atom stereocenters. The van der Waals surface area contributed by atoms with Crippen molar-refractivity contribution in [3.05, 3.63) is 29.3 Å². The summed E-state index contributed by atoms with van der Waals surface area (Å²) in [5.74, 6) is -0.294. The molecule has 46 heavy (non-hydrogen) atoms. The molecule has 6 rings (SSSR count). The first-order chi connectivity index (χ1) is 21.7. The lowest BCUT2D eigenvalue weighted by Gasteiger charge is -2.26. The fourth-order valence-corrected chi connectivity index (χ4v) is 6.61. The second kappa shape index (κ2) is 12.0. The first kappa shape index (κ1) is 32.5. The van der Waals surface area contributed by atoms with Crippen molar-refractivity contribution in [1.82, 2.24) is 39.0 Å². The van der Waals surface area contributed by atoms with E-state index in [0.717, 1.165) is 28.1 Å². The Morgan fingerprint density at radius 1 is 0.891 bits per heavy atom. The number of hydrogen-bond acceptors (Lipinski definition) is 18. The van der Waals surface area contributed by atoms with Gasteiger partial charge in [0.15, 0.2) is 35.1 Å². The van der Waals surface area contributed by atoms with Crippen LogP contribution in [0, 0.1) is 0 Å². The summed E-state index contributed by atoms with van der Waals surface area (Å²) in [5, 5.41) is 31.2. The summed E-state index contributed by atoms with van der Waals surface area (Å²) in [6.07, 6.45) is -9.69.